The van der Waals surface area contributed by atoms with Crippen molar-refractivity contribution in [2.75, 3.05) is 13.1 Å². The van der Waals surface area contributed by atoms with Crippen molar-refractivity contribution in [2.24, 2.45) is 0 Å². The molecule has 8 heteroatoms. The van der Waals surface area contributed by atoms with Gasteiger partial charge >= 0.3 is 0 Å². The van der Waals surface area contributed by atoms with E-state index in [1.54, 1.807) is 22.9 Å². The van der Waals surface area contributed by atoms with Crippen LogP contribution in [-0.4, -0.2) is 50.2 Å². The van der Waals surface area contributed by atoms with Crippen molar-refractivity contribution >= 4 is 39.0 Å². The Morgan fingerprint density at radius 2 is 2.06 bits per heavy atom. The first kappa shape index (κ1) is 19.7. The minimum absolute atomic E-state index is 0.0394. The Hall–Kier alpha value is -3.26. The molecule has 0 radical (unpaired) electrons. The predicted octanol–water partition coefficient (Wildman–Crippen LogP) is 3.71. The third-order valence-electron chi connectivity index (χ3n) is 5.60. The molecule has 1 aromatic carbocycles. The van der Waals surface area contributed by atoms with Crippen molar-refractivity contribution in [1.29, 1.82) is 0 Å². The quantitative estimate of drug-likeness (QED) is 0.532. The number of fused-ring (bicyclic) bond motifs is 2. The normalized spacial score (nSPS) is 16.5. The number of imidazole rings is 1. The fraction of sp³-hybridized carbons (Fsp3) is 0.304. The molecule has 1 fully saturated rings. The Bertz CT molecular complexity index is 1260. The summed E-state index contributed by atoms with van der Waals surface area (Å²) in [5.41, 5.74) is 1.46. The zero-order chi connectivity index (χ0) is 21.5. The highest BCUT2D eigenvalue weighted by molar-refractivity contribution is 7.21. The number of hydrogen-bond donors (Lipinski definition) is 1. The number of rotatable bonds is 4. The van der Waals surface area contributed by atoms with Crippen molar-refractivity contribution in [3.05, 3.63) is 65.1 Å². The molecule has 0 bridgehead atoms. The molecule has 2 amide bonds. The molecule has 158 valence electrons. The fourth-order valence-electron chi connectivity index (χ4n) is 4.24. The summed E-state index contributed by atoms with van der Waals surface area (Å²) in [6.45, 7) is 5.14. The van der Waals surface area contributed by atoms with Crippen LogP contribution in [-0.2, 0) is 0 Å². The lowest BCUT2D eigenvalue weighted by molar-refractivity contribution is 0.0785. The number of thiophene rings is 1. The van der Waals surface area contributed by atoms with E-state index in [4.69, 9.17) is 0 Å². The highest BCUT2D eigenvalue weighted by Crippen LogP contribution is 2.40. The summed E-state index contributed by atoms with van der Waals surface area (Å²) in [6, 6.07) is 10.00. The van der Waals surface area contributed by atoms with Crippen LogP contribution in [0.4, 0.5) is 0 Å². The lowest BCUT2D eigenvalue weighted by atomic mass is 9.95. The molecule has 7 nitrogen and oxygen atoms in total. The Kier molecular flexibility index (Phi) is 4.94. The van der Waals surface area contributed by atoms with E-state index in [0.717, 1.165) is 26.9 Å². The molecule has 1 aliphatic heterocycles. The van der Waals surface area contributed by atoms with Gasteiger partial charge in [-0.25, -0.2) is 9.97 Å². The summed E-state index contributed by atoms with van der Waals surface area (Å²) < 4.78 is 2.85. The van der Waals surface area contributed by atoms with Gasteiger partial charge in [-0.05, 0) is 43.4 Å². The summed E-state index contributed by atoms with van der Waals surface area (Å²) in [4.78, 5) is 37.2. The molecule has 0 saturated carbocycles. The first-order chi connectivity index (χ1) is 15.0. The van der Waals surface area contributed by atoms with E-state index in [-0.39, 0.29) is 23.8 Å². The molecule has 1 N–H and O–H groups in total. The lowest BCUT2D eigenvalue weighted by Gasteiger charge is -2.16. The number of nitrogens with one attached hydrogen (secondary N) is 1. The molecule has 3 aromatic heterocycles. The molecule has 1 atom stereocenters. The molecular weight excluding hydrogens is 410 g/mol. The monoisotopic (exact) mass is 433 g/mol. The van der Waals surface area contributed by atoms with E-state index >= 15 is 0 Å². The summed E-state index contributed by atoms with van der Waals surface area (Å²) in [5.74, 6) is 0.490. The Morgan fingerprint density at radius 1 is 1.23 bits per heavy atom. The number of hydrogen-bond acceptors (Lipinski definition) is 5. The number of carbonyl (C=O) groups excluding carboxylic acids is 2. The minimum atomic E-state index is -0.0966. The van der Waals surface area contributed by atoms with Gasteiger partial charge in [0, 0.05) is 48.3 Å². The molecule has 1 aliphatic rings. The van der Waals surface area contributed by atoms with Crippen LogP contribution in [0.1, 0.15) is 51.9 Å². The maximum Gasteiger partial charge on any atom is 0.274 e. The molecule has 4 heterocycles. The van der Waals surface area contributed by atoms with Gasteiger partial charge in [0.2, 0.25) is 5.78 Å². The first-order valence-electron chi connectivity index (χ1n) is 10.4. The Balaban J connectivity index is 1.45. The van der Waals surface area contributed by atoms with E-state index in [0.29, 0.717) is 24.6 Å². The third kappa shape index (κ3) is 3.57. The predicted molar refractivity (Wildman–Crippen MR) is 121 cm³/mol. The van der Waals surface area contributed by atoms with Gasteiger partial charge in [-0.1, -0.05) is 18.2 Å². The fourth-order valence-corrected chi connectivity index (χ4v) is 5.44. The SMILES string of the molecule is CC(C)NC(=O)c1sc2ccccc2c1C1CCN(C(=O)c2cn3cccnc3n2)C1. The van der Waals surface area contributed by atoms with Crippen LogP contribution in [0.2, 0.25) is 0 Å². The maximum atomic E-state index is 13.1. The topological polar surface area (TPSA) is 79.6 Å². The van der Waals surface area contributed by atoms with Crippen molar-refractivity contribution in [1.82, 2.24) is 24.6 Å². The van der Waals surface area contributed by atoms with Crippen molar-refractivity contribution in [3.63, 3.8) is 0 Å². The Labute approximate surface area is 183 Å². The number of aromatic nitrogens is 3. The van der Waals surface area contributed by atoms with Crippen molar-refractivity contribution < 1.29 is 9.59 Å². The molecule has 1 unspecified atom stereocenters. The van der Waals surface area contributed by atoms with E-state index in [1.807, 2.05) is 37.1 Å². The van der Waals surface area contributed by atoms with Gasteiger partial charge in [0.1, 0.15) is 5.69 Å². The molecule has 0 aliphatic carbocycles. The van der Waals surface area contributed by atoms with Crippen molar-refractivity contribution in [3.8, 4) is 0 Å². The van der Waals surface area contributed by atoms with Crippen LogP contribution in [0, 0.1) is 0 Å². The number of nitrogens with zero attached hydrogens (tertiary/aromatic N) is 4. The second-order valence-electron chi connectivity index (χ2n) is 8.16. The van der Waals surface area contributed by atoms with Gasteiger partial charge in [-0.3, -0.25) is 14.0 Å². The van der Waals surface area contributed by atoms with E-state index in [9.17, 15) is 9.59 Å². The smallest absolute Gasteiger partial charge is 0.274 e. The van der Waals surface area contributed by atoms with Crippen LogP contribution in [0.25, 0.3) is 15.9 Å². The van der Waals surface area contributed by atoms with Gasteiger partial charge in [-0.15, -0.1) is 11.3 Å². The van der Waals surface area contributed by atoms with Gasteiger partial charge in [0.25, 0.3) is 11.8 Å². The van der Waals surface area contributed by atoms with Gasteiger partial charge in [0.05, 0.1) is 4.88 Å². The largest absolute Gasteiger partial charge is 0.349 e. The molecule has 0 spiro atoms. The van der Waals surface area contributed by atoms with E-state index in [1.165, 1.54) is 11.3 Å². The zero-order valence-electron chi connectivity index (χ0n) is 17.4. The number of likely N-dealkylation sites (tertiary alicyclic amines) is 1. The molecule has 4 aromatic rings. The average molecular weight is 434 g/mol. The van der Waals surface area contributed by atoms with Gasteiger partial charge in [-0.2, -0.15) is 0 Å². The second-order valence-corrected chi connectivity index (χ2v) is 9.21. The van der Waals surface area contributed by atoms with E-state index in [2.05, 4.69) is 27.4 Å². The molecular formula is C23H23N5O2S. The highest BCUT2D eigenvalue weighted by atomic mass is 32.1. The lowest BCUT2D eigenvalue weighted by Crippen LogP contribution is -2.31. The molecule has 1 saturated heterocycles. The van der Waals surface area contributed by atoms with Crippen molar-refractivity contribution in [2.45, 2.75) is 32.2 Å². The summed E-state index contributed by atoms with van der Waals surface area (Å²) in [6.07, 6.45) is 6.03. The maximum absolute atomic E-state index is 13.1. The van der Waals surface area contributed by atoms with Gasteiger partial charge in [0.15, 0.2) is 0 Å². The van der Waals surface area contributed by atoms with Crippen LogP contribution in [0.15, 0.2) is 48.9 Å². The summed E-state index contributed by atoms with van der Waals surface area (Å²) >= 11 is 1.53. The van der Waals surface area contributed by atoms with Crippen LogP contribution >= 0.6 is 11.3 Å². The first-order valence-corrected chi connectivity index (χ1v) is 11.2. The third-order valence-corrected chi connectivity index (χ3v) is 6.78. The minimum Gasteiger partial charge on any atom is -0.349 e. The Morgan fingerprint density at radius 3 is 2.87 bits per heavy atom. The number of carbonyl (C=O) groups is 2. The van der Waals surface area contributed by atoms with Gasteiger partial charge < -0.3 is 10.2 Å². The number of benzene rings is 1. The van der Waals surface area contributed by atoms with E-state index < -0.39 is 0 Å². The summed E-state index contributed by atoms with van der Waals surface area (Å²) in [7, 11) is 0. The zero-order valence-corrected chi connectivity index (χ0v) is 18.2. The second kappa shape index (κ2) is 7.77. The van der Waals surface area contributed by atoms with Crippen LogP contribution in [0.3, 0.4) is 0 Å². The van der Waals surface area contributed by atoms with Crippen LogP contribution < -0.4 is 5.32 Å². The average Bonchev–Trinajstić information content (AvgIpc) is 3.48. The highest BCUT2D eigenvalue weighted by Gasteiger charge is 2.33. The molecule has 31 heavy (non-hydrogen) atoms. The standard InChI is InChI=1S/C23H23N5O2S/c1-14(2)25-21(29)20-19(16-6-3-4-7-18(16)31-20)15-8-11-27(12-15)22(30)17-13-28-10-5-9-24-23(28)26-17/h3-7,9-10,13-15H,8,11-12H2,1-2H3,(H,25,29). The number of amides is 2. The molecule has 5 rings (SSSR count). The van der Waals surface area contributed by atoms with Crippen LogP contribution in [0.5, 0.6) is 0 Å². The summed E-state index contributed by atoms with van der Waals surface area (Å²) in [5, 5.41) is 4.14.